The third-order valence-corrected chi connectivity index (χ3v) is 5.47. The van der Waals surface area contributed by atoms with Crippen LogP contribution >= 0.6 is 11.6 Å². The maximum absolute atomic E-state index is 12.9. The number of allylic oxidation sites excluding steroid dienone is 1. The van der Waals surface area contributed by atoms with E-state index in [1.165, 1.54) is 0 Å². The van der Waals surface area contributed by atoms with Crippen molar-refractivity contribution in [1.29, 1.82) is 0 Å². The van der Waals surface area contributed by atoms with Gasteiger partial charge in [0.25, 0.3) is 5.89 Å². The first-order valence-corrected chi connectivity index (χ1v) is 10.4. The van der Waals surface area contributed by atoms with Gasteiger partial charge in [-0.1, -0.05) is 59.2 Å². The second-order valence-corrected chi connectivity index (χ2v) is 7.66. The molecule has 8 heteroatoms. The van der Waals surface area contributed by atoms with Crippen LogP contribution in [0.1, 0.15) is 30.8 Å². The number of halogens is 1. The van der Waals surface area contributed by atoms with E-state index in [-0.39, 0.29) is 6.03 Å². The van der Waals surface area contributed by atoms with Crippen molar-refractivity contribution in [2.24, 2.45) is 0 Å². The number of rotatable bonds is 7. The molecular formula is C23H23ClN4O3. The summed E-state index contributed by atoms with van der Waals surface area (Å²) in [6, 6.07) is 16.4. The maximum Gasteiger partial charge on any atom is 0.322 e. The fourth-order valence-electron chi connectivity index (χ4n) is 3.64. The minimum Gasteiger partial charge on any atom is -0.385 e. The highest BCUT2D eigenvalue weighted by atomic mass is 35.5. The molecule has 0 saturated carbocycles. The molecule has 7 nitrogen and oxygen atoms in total. The van der Waals surface area contributed by atoms with E-state index in [4.69, 9.17) is 20.9 Å². The number of benzene rings is 2. The van der Waals surface area contributed by atoms with Crippen molar-refractivity contribution in [3.63, 3.8) is 0 Å². The van der Waals surface area contributed by atoms with Gasteiger partial charge in [0, 0.05) is 36.5 Å². The molecule has 0 saturated heterocycles. The van der Waals surface area contributed by atoms with Gasteiger partial charge in [0.2, 0.25) is 5.82 Å². The average Bonchev–Trinajstić information content (AvgIpc) is 3.26. The molecule has 0 aliphatic carbocycles. The van der Waals surface area contributed by atoms with E-state index >= 15 is 0 Å². The van der Waals surface area contributed by atoms with Crippen molar-refractivity contribution >= 4 is 23.2 Å². The number of carbonyl (C=O) groups is 1. The Kier molecular flexibility index (Phi) is 6.34. The van der Waals surface area contributed by atoms with Crippen LogP contribution < -0.4 is 5.32 Å². The lowest BCUT2D eigenvalue weighted by Crippen LogP contribution is -2.46. The Hall–Kier alpha value is -3.16. The van der Waals surface area contributed by atoms with E-state index in [0.29, 0.717) is 36.3 Å². The fourth-order valence-corrected chi connectivity index (χ4v) is 3.76. The van der Waals surface area contributed by atoms with E-state index < -0.39 is 6.04 Å². The summed E-state index contributed by atoms with van der Waals surface area (Å²) < 4.78 is 10.8. The Morgan fingerprint density at radius 3 is 2.61 bits per heavy atom. The van der Waals surface area contributed by atoms with Crippen molar-refractivity contribution in [3.05, 3.63) is 76.8 Å². The van der Waals surface area contributed by atoms with Crippen LogP contribution in [0.4, 0.5) is 4.79 Å². The fraction of sp³-hybridized carbons (Fsp3) is 0.261. The number of amides is 2. The standard InChI is InChI=1S/C23H23ClN4O3/c1-15-19(22-26-21(27-31-22)17-7-4-3-5-8-17)20(16-9-11-18(24)12-10-16)25-23(29)28(15)13-6-14-30-2/h3-5,7-12,20H,6,13-14H2,1-2H3,(H,25,29). The highest BCUT2D eigenvalue weighted by Gasteiger charge is 2.35. The SMILES string of the molecule is COCCCN1C(=O)NC(c2ccc(Cl)cc2)C(c2nc(-c3ccccc3)no2)=C1C. The molecule has 0 fully saturated rings. The normalized spacial score (nSPS) is 16.5. The highest BCUT2D eigenvalue weighted by Crippen LogP contribution is 2.37. The van der Waals surface area contributed by atoms with Crippen LogP contribution in [0.5, 0.6) is 0 Å². The lowest BCUT2D eigenvalue weighted by molar-refractivity contribution is 0.174. The number of hydrogen-bond donors (Lipinski definition) is 1. The molecule has 1 aliphatic rings. The Morgan fingerprint density at radius 2 is 1.90 bits per heavy atom. The van der Waals surface area contributed by atoms with Crippen molar-refractivity contribution < 1.29 is 14.1 Å². The zero-order valence-electron chi connectivity index (χ0n) is 17.3. The molecule has 1 unspecified atom stereocenters. The van der Waals surface area contributed by atoms with Gasteiger partial charge in [0.15, 0.2) is 0 Å². The Morgan fingerprint density at radius 1 is 1.16 bits per heavy atom. The van der Waals surface area contributed by atoms with Crippen LogP contribution in [0.2, 0.25) is 5.02 Å². The number of nitrogens with zero attached hydrogens (tertiary/aromatic N) is 3. The summed E-state index contributed by atoms with van der Waals surface area (Å²) in [4.78, 5) is 19.2. The number of hydrogen-bond acceptors (Lipinski definition) is 5. The molecule has 0 spiro atoms. The predicted octanol–water partition coefficient (Wildman–Crippen LogP) is 4.92. The van der Waals surface area contributed by atoms with Gasteiger partial charge in [0.1, 0.15) is 0 Å². The zero-order valence-corrected chi connectivity index (χ0v) is 18.1. The minimum absolute atomic E-state index is 0.180. The number of methoxy groups -OCH3 is 1. The number of nitrogens with one attached hydrogen (secondary N) is 1. The van der Waals surface area contributed by atoms with Gasteiger partial charge in [-0.2, -0.15) is 4.98 Å². The maximum atomic E-state index is 12.9. The topological polar surface area (TPSA) is 80.5 Å². The summed E-state index contributed by atoms with van der Waals surface area (Å²) in [5.41, 5.74) is 3.26. The predicted molar refractivity (Wildman–Crippen MR) is 118 cm³/mol. The number of carbonyl (C=O) groups excluding carboxylic acids is 1. The quantitative estimate of drug-likeness (QED) is 0.529. The Labute approximate surface area is 185 Å². The van der Waals surface area contributed by atoms with Gasteiger partial charge in [0.05, 0.1) is 11.6 Å². The smallest absolute Gasteiger partial charge is 0.322 e. The number of aromatic nitrogens is 2. The van der Waals surface area contributed by atoms with E-state index in [0.717, 1.165) is 22.4 Å². The van der Waals surface area contributed by atoms with Crippen LogP contribution in [0, 0.1) is 0 Å². The summed E-state index contributed by atoms with van der Waals surface area (Å²) in [6.45, 7) is 2.98. The first-order chi connectivity index (χ1) is 15.1. The second kappa shape index (κ2) is 9.32. The van der Waals surface area contributed by atoms with E-state index in [1.807, 2.05) is 49.4 Å². The molecule has 1 aromatic heterocycles. The van der Waals surface area contributed by atoms with Crippen molar-refractivity contribution in [1.82, 2.24) is 20.4 Å². The van der Waals surface area contributed by atoms with Gasteiger partial charge in [-0.15, -0.1) is 0 Å². The molecule has 3 aromatic rings. The molecule has 2 heterocycles. The third kappa shape index (κ3) is 4.47. The third-order valence-electron chi connectivity index (χ3n) is 5.22. The van der Waals surface area contributed by atoms with Crippen LogP contribution in [0.3, 0.4) is 0 Å². The summed E-state index contributed by atoms with van der Waals surface area (Å²) in [5.74, 6) is 0.863. The van der Waals surface area contributed by atoms with Crippen molar-refractivity contribution in [3.8, 4) is 11.4 Å². The zero-order chi connectivity index (χ0) is 21.8. The summed E-state index contributed by atoms with van der Waals surface area (Å²) in [6.07, 6.45) is 0.708. The molecule has 31 heavy (non-hydrogen) atoms. The van der Waals surface area contributed by atoms with Crippen LogP contribution in [-0.4, -0.2) is 41.3 Å². The lowest BCUT2D eigenvalue weighted by atomic mass is 9.94. The number of urea groups is 1. The molecule has 2 amide bonds. The molecule has 2 aromatic carbocycles. The van der Waals surface area contributed by atoms with Gasteiger partial charge in [-0.25, -0.2) is 4.79 Å². The first-order valence-electron chi connectivity index (χ1n) is 10.0. The highest BCUT2D eigenvalue weighted by molar-refractivity contribution is 6.30. The Bertz CT molecular complexity index is 1080. The lowest BCUT2D eigenvalue weighted by Gasteiger charge is -2.35. The van der Waals surface area contributed by atoms with Gasteiger partial charge < -0.3 is 14.6 Å². The molecule has 1 N–H and O–H groups in total. The van der Waals surface area contributed by atoms with Gasteiger partial charge in [-0.3, -0.25) is 4.90 Å². The van der Waals surface area contributed by atoms with Crippen molar-refractivity contribution in [2.75, 3.05) is 20.3 Å². The van der Waals surface area contributed by atoms with E-state index in [2.05, 4.69) is 15.5 Å². The molecule has 160 valence electrons. The van der Waals surface area contributed by atoms with Gasteiger partial charge in [-0.05, 0) is 31.0 Å². The van der Waals surface area contributed by atoms with Crippen molar-refractivity contribution in [2.45, 2.75) is 19.4 Å². The molecule has 1 aliphatic heterocycles. The molecule has 1 atom stereocenters. The van der Waals surface area contributed by atoms with Crippen LogP contribution in [0.15, 0.2) is 64.8 Å². The Balaban J connectivity index is 1.76. The van der Waals surface area contributed by atoms with Crippen LogP contribution in [-0.2, 0) is 4.74 Å². The number of ether oxygens (including phenoxy) is 1. The van der Waals surface area contributed by atoms with Crippen LogP contribution in [0.25, 0.3) is 17.0 Å². The molecule has 4 rings (SSSR count). The first kappa shape index (κ1) is 21.1. The molecular weight excluding hydrogens is 416 g/mol. The van der Waals surface area contributed by atoms with E-state index in [1.54, 1.807) is 24.1 Å². The minimum atomic E-state index is -0.437. The summed E-state index contributed by atoms with van der Waals surface area (Å²) in [7, 11) is 1.64. The molecule has 0 radical (unpaired) electrons. The second-order valence-electron chi connectivity index (χ2n) is 7.22. The van der Waals surface area contributed by atoms with E-state index in [9.17, 15) is 4.79 Å². The summed E-state index contributed by atoms with van der Waals surface area (Å²) >= 11 is 6.07. The average molecular weight is 439 g/mol. The molecule has 0 bridgehead atoms. The summed E-state index contributed by atoms with van der Waals surface area (Å²) in [5, 5.41) is 7.86. The van der Waals surface area contributed by atoms with Gasteiger partial charge >= 0.3 is 6.03 Å². The largest absolute Gasteiger partial charge is 0.385 e. The monoisotopic (exact) mass is 438 g/mol.